The topological polar surface area (TPSA) is 38.9 Å². The van der Waals surface area contributed by atoms with Crippen LogP contribution in [0.2, 0.25) is 5.02 Å². The number of halogens is 2. The molecule has 0 bridgehead atoms. The van der Waals surface area contributed by atoms with Gasteiger partial charge in [-0.05, 0) is 35.4 Å². The van der Waals surface area contributed by atoms with E-state index in [4.69, 9.17) is 17.3 Å². The lowest BCUT2D eigenvalue weighted by molar-refractivity contribution is 0.624. The van der Waals surface area contributed by atoms with Gasteiger partial charge in [0.15, 0.2) is 0 Å². The number of nitrogens with two attached hydrogens (primary N) is 1. The highest BCUT2D eigenvalue weighted by atomic mass is 35.5. The van der Waals surface area contributed by atoms with E-state index in [1.54, 1.807) is 12.3 Å². The Morgan fingerprint density at radius 3 is 2.75 bits per heavy atom. The molecule has 1 atom stereocenters. The standard InChI is InChI=1S/C16H12ClFN2/c17-13-7-6-10(9-14(13)18)16(19)12-3-1-5-15-11(12)4-2-8-20-15/h1-9,16H,19H2. The summed E-state index contributed by atoms with van der Waals surface area (Å²) in [7, 11) is 0. The lowest BCUT2D eigenvalue weighted by Crippen LogP contribution is -2.12. The van der Waals surface area contributed by atoms with Crippen molar-refractivity contribution < 1.29 is 4.39 Å². The van der Waals surface area contributed by atoms with Crippen molar-refractivity contribution in [3.8, 4) is 0 Å². The predicted octanol–water partition coefficient (Wildman–Crippen LogP) is 4.08. The summed E-state index contributed by atoms with van der Waals surface area (Å²) in [6.45, 7) is 0. The first-order chi connectivity index (χ1) is 9.66. The fraction of sp³-hybridized carbons (Fsp3) is 0.0625. The molecule has 4 heteroatoms. The van der Waals surface area contributed by atoms with E-state index < -0.39 is 11.9 Å². The normalized spacial score (nSPS) is 12.6. The van der Waals surface area contributed by atoms with E-state index in [2.05, 4.69) is 4.98 Å². The maximum Gasteiger partial charge on any atom is 0.142 e. The van der Waals surface area contributed by atoms with Gasteiger partial charge in [0.25, 0.3) is 0 Å². The molecule has 100 valence electrons. The first-order valence-electron chi connectivity index (χ1n) is 6.21. The number of hydrogen-bond acceptors (Lipinski definition) is 2. The molecule has 0 aliphatic rings. The molecule has 2 nitrogen and oxygen atoms in total. The Morgan fingerprint density at radius 2 is 1.95 bits per heavy atom. The van der Waals surface area contributed by atoms with Crippen LogP contribution in [0.3, 0.4) is 0 Å². The molecule has 0 aliphatic carbocycles. The number of rotatable bonds is 2. The molecule has 20 heavy (non-hydrogen) atoms. The predicted molar refractivity (Wildman–Crippen MR) is 79.2 cm³/mol. The minimum atomic E-state index is -0.460. The fourth-order valence-corrected chi connectivity index (χ4v) is 2.40. The number of fused-ring (bicyclic) bond motifs is 1. The molecule has 3 rings (SSSR count). The van der Waals surface area contributed by atoms with Gasteiger partial charge in [0.2, 0.25) is 0 Å². The first kappa shape index (κ1) is 13.0. The molecule has 0 radical (unpaired) electrons. The van der Waals surface area contributed by atoms with E-state index in [0.29, 0.717) is 5.56 Å². The molecule has 1 heterocycles. The van der Waals surface area contributed by atoms with Crippen LogP contribution in [0.15, 0.2) is 54.7 Å². The minimum Gasteiger partial charge on any atom is -0.320 e. The van der Waals surface area contributed by atoms with Crippen LogP contribution < -0.4 is 5.73 Å². The van der Waals surface area contributed by atoms with Gasteiger partial charge < -0.3 is 5.73 Å². The average Bonchev–Trinajstić information content (AvgIpc) is 2.49. The summed E-state index contributed by atoms with van der Waals surface area (Å²) in [5.41, 5.74) is 8.73. The molecule has 0 amide bonds. The van der Waals surface area contributed by atoms with Crippen LogP contribution in [-0.2, 0) is 0 Å². The number of hydrogen-bond donors (Lipinski definition) is 1. The molecule has 0 saturated heterocycles. The van der Waals surface area contributed by atoms with E-state index in [0.717, 1.165) is 16.5 Å². The molecule has 0 saturated carbocycles. The lowest BCUT2D eigenvalue weighted by atomic mass is 9.96. The average molecular weight is 287 g/mol. The molecule has 0 aliphatic heterocycles. The SMILES string of the molecule is NC(c1ccc(Cl)c(F)c1)c1cccc2ncccc12. The van der Waals surface area contributed by atoms with Crippen molar-refractivity contribution in [1.29, 1.82) is 0 Å². The van der Waals surface area contributed by atoms with Crippen molar-refractivity contribution in [2.75, 3.05) is 0 Å². The van der Waals surface area contributed by atoms with Crippen molar-refractivity contribution in [2.45, 2.75) is 6.04 Å². The fourth-order valence-electron chi connectivity index (χ4n) is 2.28. The Hall–Kier alpha value is -1.97. The highest BCUT2D eigenvalue weighted by Gasteiger charge is 2.14. The molecular weight excluding hydrogens is 275 g/mol. The zero-order valence-electron chi connectivity index (χ0n) is 10.6. The van der Waals surface area contributed by atoms with Crippen molar-refractivity contribution in [2.24, 2.45) is 5.73 Å². The third-order valence-electron chi connectivity index (χ3n) is 3.32. The van der Waals surface area contributed by atoms with Crippen molar-refractivity contribution in [3.05, 3.63) is 76.7 Å². The molecule has 0 spiro atoms. The molecule has 0 fully saturated rings. The summed E-state index contributed by atoms with van der Waals surface area (Å²) >= 11 is 5.70. The first-order valence-corrected chi connectivity index (χ1v) is 6.59. The number of aromatic nitrogens is 1. The zero-order valence-corrected chi connectivity index (χ0v) is 11.3. The highest BCUT2D eigenvalue weighted by molar-refractivity contribution is 6.30. The van der Waals surface area contributed by atoms with Crippen LogP contribution in [0.4, 0.5) is 4.39 Å². The number of pyridine rings is 1. The number of nitrogens with zero attached hydrogens (tertiary/aromatic N) is 1. The zero-order chi connectivity index (χ0) is 14.1. The summed E-state index contributed by atoms with van der Waals surface area (Å²) in [4.78, 5) is 4.30. The van der Waals surface area contributed by atoms with Crippen LogP contribution >= 0.6 is 11.6 Å². The Kier molecular flexibility index (Phi) is 3.38. The minimum absolute atomic E-state index is 0.0977. The van der Waals surface area contributed by atoms with Crippen LogP contribution in [-0.4, -0.2) is 4.98 Å². The van der Waals surface area contributed by atoms with Crippen LogP contribution in [0.1, 0.15) is 17.2 Å². The van der Waals surface area contributed by atoms with Gasteiger partial charge in [0, 0.05) is 11.6 Å². The summed E-state index contributed by atoms with van der Waals surface area (Å²) in [6, 6.07) is 13.8. The maximum absolute atomic E-state index is 13.6. The second kappa shape index (κ2) is 5.19. The van der Waals surface area contributed by atoms with Gasteiger partial charge in [-0.15, -0.1) is 0 Å². The van der Waals surface area contributed by atoms with Crippen molar-refractivity contribution >= 4 is 22.5 Å². The van der Waals surface area contributed by atoms with Crippen molar-refractivity contribution in [1.82, 2.24) is 4.98 Å². The molecule has 1 aromatic heterocycles. The van der Waals surface area contributed by atoms with Crippen LogP contribution in [0.5, 0.6) is 0 Å². The Morgan fingerprint density at radius 1 is 1.10 bits per heavy atom. The Bertz CT molecular complexity index is 768. The van der Waals surface area contributed by atoms with Gasteiger partial charge in [0.1, 0.15) is 5.82 Å². The molecular formula is C16H12ClFN2. The molecule has 2 aromatic carbocycles. The third kappa shape index (κ3) is 2.26. The second-order valence-corrected chi connectivity index (χ2v) is 4.98. The second-order valence-electron chi connectivity index (χ2n) is 4.57. The summed E-state index contributed by atoms with van der Waals surface area (Å²) in [5.74, 6) is -0.460. The van der Waals surface area contributed by atoms with Crippen LogP contribution in [0.25, 0.3) is 10.9 Å². The summed E-state index contributed by atoms with van der Waals surface area (Å²) in [6.07, 6.45) is 1.74. The monoisotopic (exact) mass is 286 g/mol. The lowest BCUT2D eigenvalue weighted by Gasteiger charge is -2.15. The third-order valence-corrected chi connectivity index (χ3v) is 3.62. The Balaban J connectivity index is 2.12. The smallest absolute Gasteiger partial charge is 0.142 e. The van der Waals surface area contributed by atoms with E-state index in [1.807, 2.05) is 30.3 Å². The van der Waals surface area contributed by atoms with Gasteiger partial charge >= 0.3 is 0 Å². The van der Waals surface area contributed by atoms with Crippen LogP contribution in [0, 0.1) is 5.82 Å². The van der Waals surface area contributed by atoms with E-state index in [9.17, 15) is 4.39 Å². The van der Waals surface area contributed by atoms with E-state index in [-0.39, 0.29) is 5.02 Å². The van der Waals surface area contributed by atoms with E-state index >= 15 is 0 Å². The van der Waals surface area contributed by atoms with Gasteiger partial charge in [-0.3, -0.25) is 4.98 Å². The van der Waals surface area contributed by atoms with Crippen molar-refractivity contribution in [3.63, 3.8) is 0 Å². The molecule has 3 aromatic rings. The van der Waals surface area contributed by atoms with E-state index in [1.165, 1.54) is 12.1 Å². The van der Waals surface area contributed by atoms with Gasteiger partial charge in [-0.2, -0.15) is 0 Å². The largest absolute Gasteiger partial charge is 0.320 e. The van der Waals surface area contributed by atoms with Gasteiger partial charge in [0.05, 0.1) is 16.6 Å². The van der Waals surface area contributed by atoms with Gasteiger partial charge in [-0.1, -0.05) is 35.9 Å². The molecule has 2 N–H and O–H groups in total. The summed E-state index contributed by atoms with van der Waals surface area (Å²) in [5, 5.41) is 1.07. The quantitative estimate of drug-likeness (QED) is 0.771. The Labute approximate surface area is 121 Å². The summed E-state index contributed by atoms with van der Waals surface area (Å²) < 4.78 is 13.6. The highest BCUT2D eigenvalue weighted by Crippen LogP contribution is 2.28. The molecule has 1 unspecified atom stereocenters. The maximum atomic E-state index is 13.6. The number of benzene rings is 2. The van der Waals surface area contributed by atoms with Gasteiger partial charge in [-0.25, -0.2) is 4.39 Å².